The van der Waals surface area contributed by atoms with Crippen molar-refractivity contribution in [2.45, 2.75) is 17.3 Å². The van der Waals surface area contributed by atoms with Crippen LogP contribution in [-0.2, 0) is 6.54 Å². The van der Waals surface area contributed by atoms with Gasteiger partial charge in [-0.2, -0.15) is 8.78 Å². The van der Waals surface area contributed by atoms with Gasteiger partial charge in [0.25, 0.3) is 11.7 Å². The van der Waals surface area contributed by atoms with E-state index in [-0.39, 0.29) is 28.9 Å². The number of thioether (sulfide) groups is 1. The van der Waals surface area contributed by atoms with Crippen molar-refractivity contribution in [1.29, 1.82) is 0 Å². The molecular formula is C15H13F3N2OS. The van der Waals surface area contributed by atoms with E-state index >= 15 is 0 Å². The minimum atomic E-state index is -2.67. The molecular weight excluding hydrogens is 313 g/mol. The monoisotopic (exact) mass is 326 g/mol. The first-order valence-corrected chi connectivity index (χ1v) is 7.25. The third-order valence-electron chi connectivity index (χ3n) is 2.91. The van der Waals surface area contributed by atoms with Crippen molar-refractivity contribution >= 4 is 17.7 Å². The molecule has 22 heavy (non-hydrogen) atoms. The van der Waals surface area contributed by atoms with Crippen LogP contribution in [0.25, 0.3) is 0 Å². The van der Waals surface area contributed by atoms with Gasteiger partial charge in [0.1, 0.15) is 10.8 Å². The zero-order chi connectivity index (χ0) is 16.1. The number of nitrogens with zero attached hydrogens (tertiary/aromatic N) is 2. The van der Waals surface area contributed by atoms with Gasteiger partial charge in [-0.25, -0.2) is 9.37 Å². The Morgan fingerprint density at radius 3 is 2.68 bits per heavy atom. The van der Waals surface area contributed by atoms with Gasteiger partial charge in [-0.05, 0) is 30.0 Å². The fourth-order valence-electron chi connectivity index (χ4n) is 1.89. The third kappa shape index (κ3) is 4.00. The molecule has 0 saturated carbocycles. The van der Waals surface area contributed by atoms with Crippen LogP contribution in [0.4, 0.5) is 13.2 Å². The molecule has 2 aromatic rings. The molecule has 0 bridgehead atoms. The van der Waals surface area contributed by atoms with Gasteiger partial charge in [-0.15, -0.1) is 0 Å². The number of aromatic nitrogens is 1. The lowest BCUT2D eigenvalue weighted by Crippen LogP contribution is -2.27. The maximum absolute atomic E-state index is 13.6. The second-order valence-electron chi connectivity index (χ2n) is 4.49. The summed E-state index contributed by atoms with van der Waals surface area (Å²) in [5.41, 5.74) is 0.428. The summed E-state index contributed by atoms with van der Waals surface area (Å²) < 4.78 is 38.6. The molecule has 7 heteroatoms. The molecule has 0 aliphatic rings. The smallest absolute Gasteiger partial charge is 0.290 e. The molecule has 0 spiro atoms. The molecule has 116 valence electrons. The fourth-order valence-corrected chi connectivity index (χ4v) is 2.46. The number of carbonyl (C=O) groups excluding carboxylic acids is 1. The lowest BCUT2D eigenvalue weighted by Gasteiger charge is -2.18. The third-order valence-corrected chi connectivity index (χ3v) is 3.64. The molecule has 0 saturated heterocycles. The van der Waals surface area contributed by atoms with Gasteiger partial charge in [0.05, 0.1) is 5.56 Å². The average Bonchev–Trinajstić information content (AvgIpc) is 2.49. The van der Waals surface area contributed by atoms with Crippen LogP contribution < -0.4 is 0 Å². The maximum atomic E-state index is 13.6. The van der Waals surface area contributed by atoms with Crippen molar-refractivity contribution < 1.29 is 18.0 Å². The van der Waals surface area contributed by atoms with E-state index in [1.165, 1.54) is 36.3 Å². The number of hydrogen-bond acceptors (Lipinski definition) is 3. The molecule has 0 fully saturated rings. The molecule has 1 amide bonds. The summed E-state index contributed by atoms with van der Waals surface area (Å²) in [5.74, 6) is -3.58. The molecule has 0 atom stereocenters. The summed E-state index contributed by atoms with van der Waals surface area (Å²) >= 11 is 0.214. The SMILES string of the molecule is CN(Cc1ccccc1F)C(=O)c1cccnc1SC(F)F. The summed E-state index contributed by atoms with van der Waals surface area (Å²) in [6.45, 7) is 0.0409. The maximum Gasteiger partial charge on any atom is 0.290 e. The van der Waals surface area contributed by atoms with Crippen molar-refractivity contribution in [3.05, 3.63) is 59.5 Å². The number of rotatable bonds is 5. The molecule has 1 aromatic heterocycles. The van der Waals surface area contributed by atoms with Gasteiger partial charge in [0.2, 0.25) is 0 Å². The Labute approximate surface area is 130 Å². The van der Waals surface area contributed by atoms with Gasteiger partial charge in [0.15, 0.2) is 0 Å². The van der Waals surface area contributed by atoms with Crippen molar-refractivity contribution in [2.75, 3.05) is 7.05 Å². The number of benzene rings is 1. The van der Waals surface area contributed by atoms with Crippen LogP contribution in [-0.4, -0.2) is 28.6 Å². The molecule has 0 N–H and O–H groups in total. The van der Waals surface area contributed by atoms with Gasteiger partial charge in [-0.3, -0.25) is 4.79 Å². The molecule has 0 radical (unpaired) electrons. The van der Waals surface area contributed by atoms with Crippen LogP contribution in [0.1, 0.15) is 15.9 Å². The van der Waals surface area contributed by atoms with Crippen molar-refractivity contribution in [2.24, 2.45) is 0 Å². The first-order valence-electron chi connectivity index (χ1n) is 6.37. The summed E-state index contributed by atoms with van der Waals surface area (Å²) in [6.07, 6.45) is 1.35. The molecule has 1 heterocycles. The Hall–Kier alpha value is -2.02. The molecule has 3 nitrogen and oxygen atoms in total. The molecule has 0 aliphatic heterocycles. The van der Waals surface area contributed by atoms with E-state index in [0.29, 0.717) is 5.56 Å². The number of pyridine rings is 1. The number of halogens is 3. The topological polar surface area (TPSA) is 33.2 Å². The Bertz CT molecular complexity index is 667. The molecule has 1 aromatic carbocycles. The van der Waals surface area contributed by atoms with Crippen molar-refractivity contribution in [1.82, 2.24) is 9.88 Å². The van der Waals surface area contributed by atoms with E-state index in [1.54, 1.807) is 18.2 Å². The predicted molar refractivity (Wildman–Crippen MR) is 78.3 cm³/mol. The van der Waals surface area contributed by atoms with E-state index in [9.17, 15) is 18.0 Å². The first kappa shape index (κ1) is 16.4. The summed E-state index contributed by atoms with van der Waals surface area (Å²) in [7, 11) is 1.48. The van der Waals surface area contributed by atoms with Gasteiger partial charge >= 0.3 is 0 Å². The highest BCUT2D eigenvalue weighted by molar-refractivity contribution is 7.99. The van der Waals surface area contributed by atoms with Gasteiger partial charge in [-0.1, -0.05) is 18.2 Å². The van der Waals surface area contributed by atoms with Crippen molar-refractivity contribution in [3.8, 4) is 0 Å². The number of carbonyl (C=O) groups is 1. The number of hydrogen-bond donors (Lipinski definition) is 0. The standard InChI is InChI=1S/C15H13F3N2OS/c1-20(9-10-5-2-3-7-12(10)16)14(21)11-6-4-8-19-13(11)22-15(17)18/h2-8,15H,9H2,1H3. The summed E-state index contributed by atoms with van der Waals surface area (Å²) in [5, 5.41) is -0.0390. The largest absolute Gasteiger partial charge is 0.337 e. The molecule has 0 unspecified atom stereocenters. The van der Waals surface area contributed by atoms with E-state index in [4.69, 9.17) is 0 Å². The van der Waals surface area contributed by atoms with Crippen molar-refractivity contribution in [3.63, 3.8) is 0 Å². The van der Waals surface area contributed by atoms with Crippen LogP contribution in [0, 0.1) is 5.82 Å². The zero-order valence-corrected chi connectivity index (χ0v) is 12.5. The van der Waals surface area contributed by atoms with Crippen LogP contribution in [0.15, 0.2) is 47.6 Å². The second-order valence-corrected chi connectivity index (χ2v) is 5.47. The lowest BCUT2D eigenvalue weighted by atomic mass is 10.2. The molecule has 2 rings (SSSR count). The highest BCUT2D eigenvalue weighted by Gasteiger charge is 2.20. The van der Waals surface area contributed by atoms with E-state index in [0.717, 1.165) is 0 Å². The average molecular weight is 326 g/mol. The molecule has 0 aliphatic carbocycles. The van der Waals surface area contributed by atoms with Crippen LogP contribution in [0.5, 0.6) is 0 Å². The highest BCUT2D eigenvalue weighted by Crippen LogP contribution is 2.27. The fraction of sp³-hybridized carbons (Fsp3) is 0.200. The van der Waals surface area contributed by atoms with Crippen LogP contribution >= 0.6 is 11.8 Å². The highest BCUT2D eigenvalue weighted by atomic mass is 32.2. The zero-order valence-electron chi connectivity index (χ0n) is 11.7. The van der Waals surface area contributed by atoms with Gasteiger partial charge in [0, 0.05) is 25.4 Å². The van der Waals surface area contributed by atoms with E-state index in [1.807, 2.05) is 0 Å². The normalized spacial score (nSPS) is 10.8. The second kappa shape index (κ2) is 7.31. The lowest BCUT2D eigenvalue weighted by molar-refractivity contribution is 0.0779. The minimum absolute atomic E-state index is 0.0390. The Kier molecular flexibility index (Phi) is 5.43. The van der Waals surface area contributed by atoms with Gasteiger partial charge < -0.3 is 4.90 Å². The van der Waals surface area contributed by atoms with E-state index in [2.05, 4.69) is 4.98 Å². The number of alkyl halides is 2. The summed E-state index contributed by atoms with van der Waals surface area (Å²) in [4.78, 5) is 17.4. The first-order chi connectivity index (χ1) is 10.5. The van der Waals surface area contributed by atoms with Crippen LogP contribution in [0.3, 0.4) is 0 Å². The number of amides is 1. The predicted octanol–water partition coefficient (Wildman–Crippen LogP) is 3.81. The quantitative estimate of drug-likeness (QED) is 0.784. The Balaban J connectivity index is 2.19. The summed E-state index contributed by atoms with van der Waals surface area (Å²) in [6, 6.07) is 9.02. The minimum Gasteiger partial charge on any atom is -0.337 e. The Morgan fingerprint density at radius 1 is 1.27 bits per heavy atom. The Morgan fingerprint density at radius 2 is 2.00 bits per heavy atom. The van der Waals surface area contributed by atoms with Crippen LogP contribution in [0.2, 0.25) is 0 Å². The van der Waals surface area contributed by atoms with E-state index < -0.39 is 17.5 Å².